The molecule has 0 saturated carbocycles. The summed E-state index contributed by atoms with van der Waals surface area (Å²) in [5.41, 5.74) is 3.37. The van der Waals surface area contributed by atoms with Crippen LogP contribution in [0.4, 0.5) is 17.2 Å². The van der Waals surface area contributed by atoms with Crippen molar-refractivity contribution in [3.05, 3.63) is 42.2 Å². The second-order valence-corrected chi connectivity index (χ2v) is 5.43. The van der Waals surface area contributed by atoms with Gasteiger partial charge in [-0.25, -0.2) is 15.0 Å². The van der Waals surface area contributed by atoms with E-state index >= 15 is 0 Å². The summed E-state index contributed by atoms with van der Waals surface area (Å²) in [6.07, 6.45) is 1.52. The van der Waals surface area contributed by atoms with E-state index in [1.807, 2.05) is 18.0 Å². The third-order valence-electron chi connectivity index (χ3n) is 4.15. The molecule has 0 saturated heterocycles. The minimum Gasteiger partial charge on any atom is -0.508 e. The third kappa shape index (κ3) is 1.88. The summed E-state index contributed by atoms with van der Waals surface area (Å²) >= 11 is 0. The number of hydrazine groups is 1. The molecule has 1 aliphatic heterocycles. The van der Waals surface area contributed by atoms with E-state index in [1.165, 1.54) is 6.33 Å². The molecule has 0 bridgehead atoms. The lowest BCUT2D eigenvalue weighted by Crippen LogP contribution is -2.36. The molecule has 0 unspecified atom stereocenters. The Morgan fingerprint density at radius 3 is 2.50 bits per heavy atom. The molecular weight excluding hydrogens is 308 g/mol. The highest BCUT2D eigenvalue weighted by molar-refractivity contribution is 6.08. The number of aromatic nitrogens is 2. The normalized spacial score (nSPS) is 13.0. The average molecular weight is 324 g/mol. The smallest absolute Gasteiger partial charge is 0.167 e. The monoisotopic (exact) mass is 324 g/mol. The van der Waals surface area contributed by atoms with Gasteiger partial charge in [0.1, 0.15) is 23.5 Å². The number of anilines is 3. The van der Waals surface area contributed by atoms with E-state index in [9.17, 15) is 5.11 Å². The van der Waals surface area contributed by atoms with Crippen LogP contribution in [0.15, 0.2) is 36.7 Å². The summed E-state index contributed by atoms with van der Waals surface area (Å²) < 4.78 is 5.47. The first-order valence-corrected chi connectivity index (χ1v) is 7.41. The van der Waals surface area contributed by atoms with Crippen molar-refractivity contribution < 1.29 is 14.7 Å². The van der Waals surface area contributed by atoms with E-state index in [4.69, 9.17) is 9.57 Å². The molecule has 4 rings (SSSR count). The molecule has 0 aliphatic carbocycles. The Morgan fingerprint density at radius 2 is 1.83 bits per heavy atom. The molecule has 0 spiro atoms. The summed E-state index contributed by atoms with van der Waals surface area (Å²) in [7, 11) is 3.23. The van der Waals surface area contributed by atoms with Crippen molar-refractivity contribution in [3.63, 3.8) is 0 Å². The fraction of sp³-hybridized carbons (Fsp3) is 0.176. The molecule has 0 fully saturated rings. The van der Waals surface area contributed by atoms with Gasteiger partial charge >= 0.3 is 0 Å². The number of nitrogens with zero attached hydrogens (tertiary/aromatic N) is 4. The number of methoxy groups -OCH3 is 1. The maximum Gasteiger partial charge on any atom is 0.167 e. The number of benzene rings is 2. The molecule has 7 heteroatoms. The zero-order valence-corrected chi connectivity index (χ0v) is 13.5. The highest BCUT2D eigenvalue weighted by Crippen LogP contribution is 2.48. The summed E-state index contributed by atoms with van der Waals surface area (Å²) in [4.78, 5) is 14.4. The van der Waals surface area contributed by atoms with Gasteiger partial charge in [-0.15, -0.1) is 0 Å². The van der Waals surface area contributed by atoms with Gasteiger partial charge in [-0.05, 0) is 31.2 Å². The molecule has 2 heterocycles. The van der Waals surface area contributed by atoms with Crippen molar-refractivity contribution >= 4 is 28.1 Å². The van der Waals surface area contributed by atoms with Gasteiger partial charge in [0, 0.05) is 11.6 Å². The van der Waals surface area contributed by atoms with Gasteiger partial charge in [-0.1, -0.05) is 0 Å². The van der Waals surface area contributed by atoms with Gasteiger partial charge in [0.2, 0.25) is 0 Å². The maximum absolute atomic E-state index is 9.56. The Balaban J connectivity index is 2.01. The van der Waals surface area contributed by atoms with Crippen molar-refractivity contribution in [2.24, 2.45) is 0 Å². The van der Waals surface area contributed by atoms with Gasteiger partial charge in [0.15, 0.2) is 5.82 Å². The first-order valence-electron chi connectivity index (χ1n) is 7.41. The van der Waals surface area contributed by atoms with E-state index in [2.05, 4.69) is 9.97 Å². The Bertz CT molecular complexity index is 927. The van der Waals surface area contributed by atoms with Gasteiger partial charge < -0.3 is 9.84 Å². The summed E-state index contributed by atoms with van der Waals surface area (Å²) in [6, 6.07) is 8.74. The molecule has 0 amide bonds. The van der Waals surface area contributed by atoms with Crippen LogP contribution in [0, 0.1) is 6.92 Å². The van der Waals surface area contributed by atoms with Crippen LogP contribution in [0.25, 0.3) is 10.9 Å². The molecule has 1 aliphatic rings. The minimum absolute atomic E-state index is 0.199. The van der Waals surface area contributed by atoms with Crippen molar-refractivity contribution in [1.29, 1.82) is 0 Å². The van der Waals surface area contributed by atoms with Crippen LogP contribution in [0.1, 0.15) is 5.56 Å². The number of hydrogen-bond donors (Lipinski definition) is 1. The van der Waals surface area contributed by atoms with Gasteiger partial charge in [-0.3, -0.25) is 4.84 Å². The summed E-state index contributed by atoms with van der Waals surface area (Å²) in [6.45, 7) is 1.97. The quantitative estimate of drug-likeness (QED) is 0.794. The van der Waals surface area contributed by atoms with Gasteiger partial charge in [0.05, 0.1) is 30.8 Å². The molecule has 2 aromatic carbocycles. The van der Waals surface area contributed by atoms with E-state index in [1.54, 1.807) is 43.7 Å². The molecule has 3 aromatic rings. The highest BCUT2D eigenvalue weighted by Gasteiger charge is 2.35. The fourth-order valence-electron chi connectivity index (χ4n) is 3.05. The number of phenols is 1. The van der Waals surface area contributed by atoms with Crippen LogP contribution in [0.3, 0.4) is 0 Å². The molecule has 0 atom stereocenters. The number of hydrogen-bond acceptors (Lipinski definition) is 7. The minimum atomic E-state index is 0.199. The van der Waals surface area contributed by atoms with Crippen LogP contribution >= 0.6 is 0 Å². The standard InChI is InChI=1S/C17H16N4O3/c1-10-14(23-2)8-13-15-16(10)21(24-3)20(17(15)19-9-18-13)11-4-6-12(22)7-5-11/h4-9,22H,1-3H3. The second kappa shape index (κ2) is 5.24. The topological polar surface area (TPSA) is 71.0 Å². The molecule has 7 nitrogen and oxygen atoms in total. The second-order valence-electron chi connectivity index (χ2n) is 5.43. The molecular formula is C17H16N4O3. The Kier molecular flexibility index (Phi) is 3.17. The first kappa shape index (κ1) is 14.5. The van der Waals surface area contributed by atoms with E-state index in [-0.39, 0.29) is 5.75 Å². The summed E-state index contributed by atoms with van der Waals surface area (Å²) in [5.74, 6) is 1.65. The van der Waals surface area contributed by atoms with Gasteiger partial charge in [-0.2, -0.15) is 5.17 Å². The van der Waals surface area contributed by atoms with Gasteiger partial charge in [0.25, 0.3) is 0 Å². The lowest BCUT2D eigenvalue weighted by molar-refractivity contribution is 0.170. The lowest BCUT2D eigenvalue weighted by atomic mass is 10.1. The van der Waals surface area contributed by atoms with Crippen LogP contribution < -0.4 is 14.9 Å². The maximum atomic E-state index is 9.56. The number of rotatable bonds is 3. The SMILES string of the molecule is COc1cc2ncnc3c2c(c1C)N(OC)N3c1ccc(O)cc1. The zero-order chi connectivity index (χ0) is 16.8. The van der Waals surface area contributed by atoms with Crippen LogP contribution in [-0.4, -0.2) is 29.3 Å². The molecule has 0 radical (unpaired) electrons. The lowest BCUT2D eigenvalue weighted by Gasteiger charge is -2.29. The number of aromatic hydroxyl groups is 1. The largest absolute Gasteiger partial charge is 0.508 e. The predicted octanol–water partition coefficient (Wildman–Crippen LogP) is 3.09. The molecule has 24 heavy (non-hydrogen) atoms. The van der Waals surface area contributed by atoms with Crippen molar-refractivity contribution in [3.8, 4) is 11.5 Å². The third-order valence-corrected chi connectivity index (χ3v) is 4.15. The van der Waals surface area contributed by atoms with Crippen LogP contribution in [0.2, 0.25) is 0 Å². The fourth-order valence-corrected chi connectivity index (χ4v) is 3.05. The molecule has 1 N–H and O–H groups in total. The summed E-state index contributed by atoms with van der Waals surface area (Å²) in [5, 5.41) is 14.0. The van der Waals surface area contributed by atoms with E-state index in [0.29, 0.717) is 5.82 Å². The van der Waals surface area contributed by atoms with Crippen molar-refractivity contribution in [1.82, 2.24) is 9.97 Å². The Morgan fingerprint density at radius 1 is 1.08 bits per heavy atom. The number of ether oxygens (including phenoxy) is 1. The number of phenolic OH excluding ortho intramolecular Hbond substituents is 1. The Hall–Kier alpha value is -3.06. The molecule has 1 aromatic heterocycles. The molecule has 122 valence electrons. The highest BCUT2D eigenvalue weighted by atomic mass is 16.7. The van der Waals surface area contributed by atoms with Crippen LogP contribution in [-0.2, 0) is 4.84 Å². The van der Waals surface area contributed by atoms with Crippen molar-refractivity contribution in [2.75, 3.05) is 24.4 Å². The zero-order valence-electron chi connectivity index (χ0n) is 13.5. The Labute approximate surface area is 138 Å². The van der Waals surface area contributed by atoms with Crippen LogP contribution in [0.5, 0.6) is 11.5 Å². The predicted molar refractivity (Wildman–Crippen MR) is 90.6 cm³/mol. The van der Waals surface area contributed by atoms with E-state index < -0.39 is 0 Å². The van der Waals surface area contributed by atoms with E-state index in [0.717, 1.165) is 33.6 Å². The first-order chi connectivity index (χ1) is 11.7. The average Bonchev–Trinajstić information content (AvgIpc) is 2.94. The van der Waals surface area contributed by atoms with Crippen molar-refractivity contribution in [2.45, 2.75) is 6.92 Å².